The van der Waals surface area contributed by atoms with Crippen molar-refractivity contribution in [3.8, 4) is 5.75 Å². The van der Waals surface area contributed by atoms with Gasteiger partial charge in [-0.15, -0.1) is 0 Å². The minimum Gasteiger partial charge on any atom is -0.495 e. The molecular weight excluding hydrogens is 308 g/mol. The van der Waals surface area contributed by atoms with Gasteiger partial charge in [-0.1, -0.05) is 30.3 Å². The number of nitrogens with one attached hydrogen (secondary N) is 2. The fourth-order valence-corrected chi connectivity index (χ4v) is 2.62. The Labute approximate surface area is 139 Å². The van der Waals surface area contributed by atoms with E-state index >= 15 is 0 Å². The predicted octanol–water partition coefficient (Wildman–Crippen LogP) is 3.44. The molecule has 2 N–H and O–H groups in total. The van der Waals surface area contributed by atoms with E-state index in [4.69, 9.17) is 9.47 Å². The van der Waals surface area contributed by atoms with E-state index in [1.807, 2.05) is 30.3 Å². The predicted molar refractivity (Wildman–Crippen MR) is 90.7 cm³/mol. The second-order valence-corrected chi connectivity index (χ2v) is 5.35. The molecular formula is C18H18N2O4. The lowest BCUT2D eigenvalue weighted by molar-refractivity contribution is 0.0984. The van der Waals surface area contributed by atoms with Crippen LogP contribution in [-0.4, -0.2) is 25.5 Å². The number of methoxy groups -OCH3 is 1. The van der Waals surface area contributed by atoms with Crippen molar-refractivity contribution in [2.45, 2.75) is 13.0 Å². The zero-order chi connectivity index (χ0) is 16.9. The largest absolute Gasteiger partial charge is 0.495 e. The number of carbonyl (C=O) groups excluding carboxylic acids is 2. The maximum absolute atomic E-state index is 12.2. The molecule has 0 unspecified atom stereocenters. The van der Waals surface area contributed by atoms with E-state index in [9.17, 15) is 9.59 Å². The van der Waals surface area contributed by atoms with Crippen molar-refractivity contribution in [2.75, 3.05) is 24.3 Å². The fraction of sp³-hybridized carbons (Fsp3) is 0.222. The topological polar surface area (TPSA) is 76.7 Å². The fourth-order valence-electron chi connectivity index (χ4n) is 2.62. The van der Waals surface area contributed by atoms with Crippen LogP contribution in [0, 0.1) is 0 Å². The van der Waals surface area contributed by atoms with Crippen LogP contribution >= 0.6 is 0 Å². The Bertz CT molecular complexity index is 759. The molecule has 0 radical (unpaired) electrons. The first-order valence-corrected chi connectivity index (χ1v) is 7.65. The summed E-state index contributed by atoms with van der Waals surface area (Å²) in [5.74, 6) is 0.530. The summed E-state index contributed by atoms with van der Waals surface area (Å²) in [7, 11) is 1.54. The Hall–Kier alpha value is -3.02. The lowest BCUT2D eigenvalue weighted by atomic mass is 9.99. The number of Topliss-reactive ketones (excluding diaryl/α,β-unsaturated/α-hetero) is 1. The Morgan fingerprint density at radius 2 is 2.00 bits per heavy atom. The molecule has 0 bridgehead atoms. The highest BCUT2D eigenvalue weighted by Gasteiger charge is 2.25. The quantitative estimate of drug-likeness (QED) is 0.900. The molecule has 2 aromatic rings. The number of hydrogen-bond acceptors (Lipinski definition) is 5. The highest BCUT2D eigenvalue weighted by atomic mass is 16.5. The second-order valence-electron chi connectivity index (χ2n) is 5.35. The number of fused-ring (bicyclic) bond motifs is 1. The molecule has 0 aromatic heterocycles. The first-order valence-electron chi connectivity index (χ1n) is 7.65. The second kappa shape index (κ2) is 7.04. The van der Waals surface area contributed by atoms with Crippen LogP contribution in [0.15, 0.2) is 42.5 Å². The average molecular weight is 326 g/mol. The van der Waals surface area contributed by atoms with Crippen molar-refractivity contribution in [3.63, 3.8) is 0 Å². The lowest BCUT2D eigenvalue weighted by Gasteiger charge is -2.22. The molecule has 0 spiro atoms. The Morgan fingerprint density at radius 3 is 2.75 bits per heavy atom. The first-order chi connectivity index (χ1) is 11.7. The molecule has 124 valence electrons. The van der Waals surface area contributed by atoms with Crippen molar-refractivity contribution in [1.82, 2.24) is 0 Å². The molecule has 1 aliphatic rings. The number of rotatable bonds is 4. The molecule has 0 saturated carbocycles. The number of hydrogen-bond donors (Lipinski definition) is 2. The highest BCUT2D eigenvalue weighted by Crippen LogP contribution is 2.37. The summed E-state index contributed by atoms with van der Waals surface area (Å²) < 4.78 is 10.5. The number of carbonyl (C=O) groups is 2. The maximum atomic E-state index is 12.2. The summed E-state index contributed by atoms with van der Waals surface area (Å²) in [4.78, 5) is 24.3. The molecule has 2 aromatic carbocycles. The Kier molecular flexibility index (Phi) is 4.65. The molecule has 6 nitrogen and oxygen atoms in total. The van der Waals surface area contributed by atoms with Gasteiger partial charge in [0.25, 0.3) is 0 Å². The van der Waals surface area contributed by atoms with Gasteiger partial charge in [0.05, 0.1) is 24.0 Å². The monoisotopic (exact) mass is 326 g/mol. The standard InChI is InChI=1S/C18H18N2O4/c1-23-15-8-7-13(16-14(21)9-10-19-17(15)16)20-18(22)24-11-12-5-3-2-4-6-12/h2-8,19H,9-11H2,1H3,(H,20,22). The van der Waals surface area contributed by atoms with E-state index in [-0.39, 0.29) is 12.4 Å². The number of benzene rings is 2. The van der Waals surface area contributed by atoms with E-state index in [0.717, 1.165) is 5.56 Å². The third kappa shape index (κ3) is 3.32. The summed E-state index contributed by atoms with van der Waals surface area (Å²) >= 11 is 0. The van der Waals surface area contributed by atoms with Gasteiger partial charge in [-0.05, 0) is 17.7 Å². The van der Waals surface area contributed by atoms with E-state index in [1.165, 1.54) is 7.11 Å². The molecule has 0 aliphatic carbocycles. The normalized spacial score (nSPS) is 12.8. The maximum Gasteiger partial charge on any atom is 0.411 e. The highest BCUT2D eigenvalue weighted by molar-refractivity contribution is 6.10. The van der Waals surface area contributed by atoms with Crippen molar-refractivity contribution in [1.29, 1.82) is 0 Å². The van der Waals surface area contributed by atoms with Crippen LogP contribution in [0.5, 0.6) is 5.75 Å². The smallest absolute Gasteiger partial charge is 0.411 e. The van der Waals surface area contributed by atoms with Gasteiger partial charge < -0.3 is 14.8 Å². The molecule has 1 amide bonds. The summed E-state index contributed by atoms with van der Waals surface area (Å²) in [6, 6.07) is 12.7. The first kappa shape index (κ1) is 15.9. The van der Waals surface area contributed by atoms with Crippen LogP contribution in [0.3, 0.4) is 0 Å². The Balaban J connectivity index is 1.75. The van der Waals surface area contributed by atoms with Crippen LogP contribution in [0.1, 0.15) is 22.3 Å². The minimum absolute atomic E-state index is 0.0407. The number of ketones is 1. The summed E-state index contributed by atoms with van der Waals surface area (Å²) in [6.07, 6.45) is -0.238. The van der Waals surface area contributed by atoms with E-state index in [2.05, 4.69) is 10.6 Å². The average Bonchev–Trinajstić information content (AvgIpc) is 2.61. The van der Waals surface area contributed by atoms with Gasteiger partial charge in [0, 0.05) is 13.0 Å². The SMILES string of the molecule is COc1ccc(NC(=O)OCc2ccccc2)c2c1NCCC2=O. The molecule has 0 fully saturated rings. The zero-order valence-electron chi connectivity index (χ0n) is 13.3. The molecule has 3 rings (SSSR count). The third-order valence-corrected chi connectivity index (χ3v) is 3.77. The summed E-state index contributed by atoms with van der Waals surface area (Å²) in [6.45, 7) is 0.710. The van der Waals surface area contributed by atoms with Crippen molar-refractivity contribution < 1.29 is 19.1 Å². The van der Waals surface area contributed by atoms with Crippen LogP contribution in [0.4, 0.5) is 16.2 Å². The van der Waals surface area contributed by atoms with Crippen LogP contribution in [0.2, 0.25) is 0 Å². The van der Waals surface area contributed by atoms with Gasteiger partial charge in [-0.3, -0.25) is 10.1 Å². The molecule has 24 heavy (non-hydrogen) atoms. The van der Waals surface area contributed by atoms with Gasteiger partial charge >= 0.3 is 6.09 Å². The Morgan fingerprint density at radius 1 is 1.21 bits per heavy atom. The van der Waals surface area contributed by atoms with Crippen LogP contribution < -0.4 is 15.4 Å². The zero-order valence-corrected chi connectivity index (χ0v) is 13.3. The van der Waals surface area contributed by atoms with E-state index in [0.29, 0.717) is 35.7 Å². The van der Waals surface area contributed by atoms with E-state index < -0.39 is 6.09 Å². The van der Waals surface area contributed by atoms with Crippen molar-refractivity contribution >= 4 is 23.3 Å². The number of anilines is 2. The van der Waals surface area contributed by atoms with Gasteiger partial charge in [-0.25, -0.2) is 4.79 Å². The lowest BCUT2D eigenvalue weighted by Crippen LogP contribution is -2.22. The summed E-state index contributed by atoms with van der Waals surface area (Å²) in [5, 5.41) is 5.79. The molecule has 0 saturated heterocycles. The van der Waals surface area contributed by atoms with Crippen LogP contribution in [0.25, 0.3) is 0 Å². The molecule has 1 heterocycles. The van der Waals surface area contributed by atoms with E-state index in [1.54, 1.807) is 12.1 Å². The van der Waals surface area contributed by atoms with Gasteiger partial charge in [0.2, 0.25) is 0 Å². The third-order valence-electron chi connectivity index (χ3n) is 3.77. The molecule has 1 aliphatic heterocycles. The molecule has 0 atom stereocenters. The number of amides is 1. The molecule has 6 heteroatoms. The summed E-state index contributed by atoms with van der Waals surface area (Å²) in [5.41, 5.74) is 2.34. The van der Waals surface area contributed by atoms with Gasteiger partial charge in [0.15, 0.2) is 5.78 Å². The van der Waals surface area contributed by atoms with Crippen molar-refractivity contribution in [3.05, 3.63) is 53.6 Å². The van der Waals surface area contributed by atoms with Crippen molar-refractivity contribution in [2.24, 2.45) is 0 Å². The van der Waals surface area contributed by atoms with Crippen LogP contribution in [-0.2, 0) is 11.3 Å². The van der Waals surface area contributed by atoms with Gasteiger partial charge in [0.1, 0.15) is 12.4 Å². The van der Waals surface area contributed by atoms with Gasteiger partial charge in [-0.2, -0.15) is 0 Å². The minimum atomic E-state index is -0.607. The number of ether oxygens (including phenoxy) is 2.